The first-order valence-electron chi connectivity index (χ1n) is 17.0. The molecule has 3 heterocycles. The number of rotatable bonds is 8. The minimum atomic E-state index is -0.959. The molecule has 1 aromatic carbocycles. The summed E-state index contributed by atoms with van der Waals surface area (Å²) in [5, 5.41) is 0. The van der Waals surface area contributed by atoms with Crippen LogP contribution in [0.4, 0.5) is 4.79 Å². The van der Waals surface area contributed by atoms with Gasteiger partial charge in [-0.3, -0.25) is 9.79 Å². The number of hydrogen-bond acceptors (Lipinski definition) is 11. The van der Waals surface area contributed by atoms with Crippen LogP contribution in [0.15, 0.2) is 22.1 Å². The number of esters is 1. The molecule has 2 bridgehead atoms. The lowest BCUT2D eigenvalue weighted by molar-refractivity contribution is -0.199. The fourth-order valence-corrected chi connectivity index (χ4v) is 7.69. The Labute approximate surface area is 283 Å². The Bertz CT molecular complexity index is 1540. The van der Waals surface area contributed by atoms with Gasteiger partial charge in [0, 0.05) is 0 Å². The Kier molecular flexibility index (Phi) is 8.72. The summed E-state index contributed by atoms with van der Waals surface area (Å²) >= 11 is 0. The van der Waals surface area contributed by atoms with E-state index in [1.807, 2.05) is 0 Å². The zero-order valence-corrected chi connectivity index (χ0v) is 29.6. The smallest absolute Gasteiger partial charge is 0.486 e. The van der Waals surface area contributed by atoms with Gasteiger partial charge in [-0.1, -0.05) is 19.9 Å². The van der Waals surface area contributed by atoms with Gasteiger partial charge < -0.3 is 33.2 Å². The molecular weight excluding hydrogens is 617 g/mol. The number of benzene rings is 1. The number of aryl methyl sites for hydroxylation is 1. The topological polar surface area (TPSA) is 135 Å². The Morgan fingerprint density at radius 3 is 2.35 bits per heavy atom. The molecule has 0 N–H and O–H groups in total. The van der Waals surface area contributed by atoms with Gasteiger partial charge in [0.1, 0.15) is 40.7 Å². The van der Waals surface area contributed by atoms with E-state index in [4.69, 9.17) is 28.3 Å². The Morgan fingerprint density at radius 2 is 1.73 bits per heavy atom. The van der Waals surface area contributed by atoms with Crippen molar-refractivity contribution in [3.8, 4) is 11.5 Å². The Balaban J connectivity index is 1.25. The molecule has 7 rings (SSSR count). The van der Waals surface area contributed by atoms with Crippen molar-refractivity contribution in [1.82, 2.24) is 4.90 Å². The lowest BCUT2D eigenvalue weighted by Crippen LogP contribution is -2.65. The lowest BCUT2D eigenvalue weighted by Gasteiger charge is -2.64. The summed E-state index contributed by atoms with van der Waals surface area (Å²) in [7, 11) is -0.446. The first-order valence-corrected chi connectivity index (χ1v) is 17.0. The Morgan fingerprint density at radius 1 is 1.02 bits per heavy atom. The monoisotopic (exact) mass is 665 g/mol. The predicted octanol–water partition coefficient (Wildman–Crippen LogP) is 5.30. The van der Waals surface area contributed by atoms with Crippen molar-refractivity contribution in [2.24, 2.45) is 27.2 Å². The van der Waals surface area contributed by atoms with Gasteiger partial charge >= 0.3 is 19.2 Å². The summed E-state index contributed by atoms with van der Waals surface area (Å²) < 4.78 is 36.5. The average molecular weight is 666 g/mol. The van der Waals surface area contributed by atoms with E-state index in [0.29, 0.717) is 48.9 Å². The second kappa shape index (κ2) is 12.2. The third kappa shape index (κ3) is 6.72. The van der Waals surface area contributed by atoms with Crippen LogP contribution in [0.2, 0.25) is 6.32 Å². The molecule has 13 heteroatoms. The molecule has 48 heavy (non-hydrogen) atoms. The second-order valence-electron chi connectivity index (χ2n) is 16.4. The van der Waals surface area contributed by atoms with Crippen molar-refractivity contribution in [3.05, 3.63) is 23.3 Å². The first-order chi connectivity index (χ1) is 22.3. The molecule has 260 valence electrons. The van der Waals surface area contributed by atoms with E-state index in [0.717, 1.165) is 12.8 Å². The molecule has 12 nitrogen and oxygen atoms in total. The summed E-state index contributed by atoms with van der Waals surface area (Å²) in [5.74, 6) is 0.334. The molecule has 2 saturated heterocycles. The van der Waals surface area contributed by atoms with Crippen LogP contribution in [0, 0.1) is 17.3 Å². The third-order valence-corrected chi connectivity index (χ3v) is 10.2. The maximum atomic E-state index is 13.9. The van der Waals surface area contributed by atoms with Gasteiger partial charge in [0.25, 0.3) is 5.91 Å². The number of hydrogen-bond donors (Lipinski definition) is 0. The van der Waals surface area contributed by atoms with Crippen LogP contribution >= 0.6 is 0 Å². The van der Waals surface area contributed by atoms with Crippen molar-refractivity contribution in [1.29, 1.82) is 0 Å². The molecule has 1 aromatic rings. The van der Waals surface area contributed by atoms with Gasteiger partial charge in [0.15, 0.2) is 5.75 Å². The van der Waals surface area contributed by atoms with E-state index in [2.05, 4.69) is 30.8 Å². The van der Waals surface area contributed by atoms with Crippen LogP contribution in [0.25, 0.3) is 0 Å². The molecular formula is C35H48BN3O9. The highest BCUT2D eigenvalue weighted by Crippen LogP contribution is 2.65. The van der Waals surface area contributed by atoms with Crippen LogP contribution in [-0.2, 0) is 30.0 Å². The summed E-state index contributed by atoms with van der Waals surface area (Å²) in [6.07, 6.45) is 3.05. The summed E-state index contributed by atoms with van der Waals surface area (Å²) in [4.78, 5) is 49.3. The summed E-state index contributed by atoms with van der Waals surface area (Å²) in [5.41, 5.74) is -0.876. The first kappa shape index (κ1) is 34.4. The number of carbonyl (C=O) groups is 3. The second-order valence-corrected chi connectivity index (χ2v) is 16.4. The molecule has 0 spiro atoms. The van der Waals surface area contributed by atoms with E-state index >= 15 is 0 Å². The number of amides is 1. The molecule has 1 amide bonds. The van der Waals surface area contributed by atoms with Crippen LogP contribution in [0.3, 0.4) is 0 Å². The number of ether oxygens (including phenoxy) is 4. The minimum absolute atomic E-state index is 0.00531. The summed E-state index contributed by atoms with van der Waals surface area (Å²) in [6.45, 7) is 18.1. The van der Waals surface area contributed by atoms with Crippen molar-refractivity contribution in [2.45, 2.75) is 117 Å². The highest BCUT2D eigenvalue weighted by Gasteiger charge is 2.67. The average Bonchev–Trinajstić information content (AvgIpc) is 3.59. The third-order valence-electron chi connectivity index (χ3n) is 10.2. The molecule has 3 aliphatic heterocycles. The largest absolute Gasteiger partial charge is 0.514 e. The maximum absolute atomic E-state index is 13.9. The molecule has 0 aromatic heterocycles. The fourth-order valence-electron chi connectivity index (χ4n) is 7.69. The summed E-state index contributed by atoms with van der Waals surface area (Å²) in [6, 6.07) is 3.46. The van der Waals surface area contributed by atoms with Gasteiger partial charge in [0.2, 0.25) is 0 Å². The van der Waals surface area contributed by atoms with E-state index in [-0.39, 0.29) is 46.6 Å². The standard InChI is InChI=1S/C35H48BN3O9/c1-32(2,3)45-30(41)27-24(43-22-17-39(18-22)29(40)23-16-37-19-38-23)11-10-20(28(27)44-31(42)46-33(4,5)6)12-13-36-47-26-15-21-14-25(34(21,7)8)35(26,9)48-36/h10-11,19,21-22,25-26H,12-18H2,1-9H3/t21-,25-,26+,35-/m0/s1. The van der Waals surface area contributed by atoms with E-state index < -0.39 is 36.5 Å². The van der Waals surface area contributed by atoms with Gasteiger partial charge in [-0.15, -0.1) is 0 Å². The van der Waals surface area contributed by atoms with Crippen molar-refractivity contribution in [2.75, 3.05) is 19.6 Å². The SMILES string of the molecule is CC(C)(C)OC(=O)Oc1c(CCB2O[C@@H]3C[C@@H]4C[C@@H](C4(C)C)[C@]3(C)O2)ccc(OC2CN(C(=O)C3=NC=NC3)C2)c1C(=O)OC(C)(C)C. The highest BCUT2D eigenvalue weighted by atomic mass is 16.7. The molecule has 3 aliphatic carbocycles. The van der Waals surface area contributed by atoms with Gasteiger partial charge in [-0.05, 0) is 103 Å². The van der Waals surface area contributed by atoms with Gasteiger partial charge in [-0.2, -0.15) is 0 Å². The lowest BCUT2D eigenvalue weighted by atomic mass is 9.43. The number of aliphatic imine (C=N–C) groups is 2. The van der Waals surface area contributed by atoms with Crippen molar-refractivity contribution >= 4 is 37.2 Å². The fraction of sp³-hybridized carbons (Fsp3) is 0.686. The van der Waals surface area contributed by atoms with E-state index in [1.54, 1.807) is 58.6 Å². The van der Waals surface area contributed by atoms with E-state index in [1.165, 1.54) is 6.34 Å². The zero-order valence-electron chi connectivity index (χ0n) is 29.6. The molecule has 3 saturated carbocycles. The van der Waals surface area contributed by atoms with Crippen LogP contribution in [0.1, 0.15) is 91.1 Å². The maximum Gasteiger partial charge on any atom is 0.514 e. The van der Waals surface area contributed by atoms with Gasteiger partial charge in [0.05, 0.1) is 31.3 Å². The van der Waals surface area contributed by atoms with Crippen molar-refractivity contribution < 1.29 is 42.6 Å². The van der Waals surface area contributed by atoms with Crippen LogP contribution < -0.4 is 9.47 Å². The molecule has 6 aliphatic rings. The van der Waals surface area contributed by atoms with E-state index in [9.17, 15) is 14.4 Å². The number of carbonyl (C=O) groups excluding carboxylic acids is 3. The molecule has 0 unspecified atom stereocenters. The Hall–Kier alpha value is -3.45. The normalized spacial score (nSPS) is 27.4. The molecule has 0 radical (unpaired) electrons. The van der Waals surface area contributed by atoms with Crippen LogP contribution in [0.5, 0.6) is 11.5 Å². The predicted molar refractivity (Wildman–Crippen MR) is 179 cm³/mol. The molecule has 4 atom stereocenters. The minimum Gasteiger partial charge on any atom is -0.486 e. The molecule has 5 fully saturated rings. The van der Waals surface area contributed by atoms with Crippen LogP contribution in [-0.4, -0.2) is 90.7 Å². The van der Waals surface area contributed by atoms with Crippen molar-refractivity contribution in [3.63, 3.8) is 0 Å². The highest BCUT2D eigenvalue weighted by molar-refractivity contribution is 6.45. The number of likely N-dealkylation sites (tertiary alicyclic amines) is 1. The number of nitrogens with zero attached hydrogens (tertiary/aromatic N) is 3. The zero-order chi connectivity index (χ0) is 34.8. The van der Waals surface area contributed by atoms with Gasteiger partial charge in [-0.25, -0.2) is 14.6 Å². The quantitative estimate of drug-likeness (QED) is 0.206.